The molecule has 8 heteroatoms. The first-order valence-corrected chi connectivity index (χ1v) is 14.6. The minimum atomic E-state index is -0.614. The molecule has 1 atom stereocenters. The molecular weight excluding hydrogens is 588 g/mol. The topological polar surface area (TPSA) is 69.9 Å². The molecule has 3 aromatic carbocycles. The van der Waals surface area contributed by atoms with Gasteiger partial charge in [-0.3, -0.25) is 9.36 Å². The number of carbonyl (C=O) groups is 1. The third-order valence-electron chi connectivity index (χ3n) is 6.71. The molecule has 0 fully saturated rings. The number of benzene rings is 3. The first-order chi connectivity index (χ1) is 19.3. The van der Waals surface area contributed by atoms with E-state index in [2.05, 4.69) is 20.9 Å². The Morgan fingerprint density at radius 1 is 1.05 bits per heavy atom. The van der Waals surface area contributed by atoms with Crippen molar-refractivity contribution in [3.63, 3.8) is 0 Å². The van der Waals surface area contributed by atoms with Gasteiger partial charge < -0.3 is 9.47 Å². The summed E-state index contributed by atoms with van der Waals surface area (Å²) in [5, 5.41) is 0. The Labute approximate surface area is 245 Å². The number of halogens is 1. The van der Waals surface area contributed by atoms with E-state index < -0.39 is 12.0 Å². The number of nitrogens with zero attached hydrogens (tertiary/aromatic N) is 2. The van der Waals surface area contributed by atoms with Gasteiger partial charge in [0.2, 0.25) is 0 Å². The highest BCUT2D eigenvalue weighted by Crippen LogP contribution is 2.31. The van der Waals surface area contributed by atoms with Gasteiger partial charge in [-0.1, -0.05) is 69.7 Å². The van der Waals surface area contributed by atoms with E-state index in [1.54, 1.807) is 18.4 Å². The minimum Gasteiger partial charge on any atom is -0.488 e. The van der Waals surface area contributed by atoms with Gasteiger partial charge in [-0.15, -0.1) is 0 Å². The van der Waals surface area contributed by atoms with Crippen LogP contribution in [-0.4, -0.2) is 17.1 Å². The summed E-state index contributed by atoms with van der Waals surface area (Å²) in [5.41, 5.74) is 5.51. The molecule has 6 nitrogen and oxygen atoms in total. The lowest BCUT2D eigenvalue weighted by atomic mass is 9.96. The summed E-state index contributed by atoms with van der Waals surface area (Å²) < 4.78 is 14.7. The Morgan fingerprint density at radius 3 is 2.38 bits per heavy atom. The van der Waals surface area contributed by atoms with E-state index in [9.17, 15) is 9.59 Å². The van der Waals surface area contributed by atoms with Crippen LogP contribution in [0, 0.1) is 13.8 Å². The van der Waals surface area contributed by atoms with Crippen LogP contribution in [0.5, 0.6) is 5.75 Å². The Morgan fingerprint density at radius 2 is 1.73 bits per heavy atom. The van der Waals surface area contributed by atoms with Crippen LogP contribution in [0.2, 0.25) is 0 Å². The van der Waals surface area contributed by atoms with Gasteiger partial charge in [-0.2, -0.15) is 0 Å². The van der Waals surface area contributed by atoms with Crippen molar-refractivity contribution >= 4 is 39.3 Å². The van der Waals surface area contributed by atoms with Gasteiger partial charge in [0.05, 0.1) is 28.5 Å². The number of esters is 1. The molecule has 40 heavy (non-hydrogen) atoms. The molecule has 1 aliphatic rings. The van der Waals surface area contributed by atoms with Crippen LogP contribution in [0.4, 0.5) is 0 Å². The minimum absolute atomic E-state index is 0.197. The zero-order valence-electron chi connectivity index (χ0n) is 22.7. The SMILES string of the molecule is CCOC(=O)C1=C(C)N=c2s/c(=C\c3cc(C)c(OCc4ccc(Br)cc4)c(C)c3)c(=O)n2[C@@H]1c1ccccc1. The molecule has 0 unspecified atom stereocenters. The first kappa shape index (κ1) is 27.8. The molecular formula is C32H29BrN2O4S. The van der Waals surface area contributed by atoms with Gasteiger partial charge >= 0.3 is 5.97 Å². The summed E-state index contributed by atoms with van der Waals surface area (Å²) in [7, 11) is 0. The van der Waals surface area contributed by atoms with Crippen LogP contribution in [0.1, 0.15) is 47.7 Å². The number of rotatable bonds is 7. The maximum atomic E-state index is 13.8. The molecule has 0 N–H and O–H groups in total. The van der Waals surface area contributed by atoms with Crippen LogP contribution in [0.25, 0.3) is 6.08 Å². The predicted octanol–water partition coefficient (Wildman–Crippen LogP) is 5.76. The maximum Gasteiger partial charge on any atom is 0.338 e. The van der Waals surface area contributed by atoms with Gasteiger partial charge in [-0.05, 0) is 85.9 Å². The molecule has 2 heterocycles. The summed E-state index contributed by atoms with van der Waals surface area (Å²) in [6.07, 6.45) is 1.88. The van der Waals surface area contributed by atoms with Crippen LogP contribution in [0.3, 0.4) is 0 Å². The molecule has 4 aromatic rings. The number of hydrogen-bond acceptors (Lipinski definition) is 6. The van der Waals surface area contributed by atoms with Crippen molar-refractivity contribution in [2.75, 3.05) is 6.61 Å². The van der Waals surface area contributed by atoms with Crippen molar-refractivity contribution < 1.29 is 14.3 Å². The molecule has 0 saturated heterocycles. The van der Waals surface area contributed by atoms with E-state index in [-0.39, 0.29) is 12.2 Å². The molecule has 1 aromatic heterocycles. The molecule has 0 amide bonds. The molecule has 0 bridgehead atoms. The second-order valence-electron chi connectivity index (χ2n) is 9.61. The summed E-state index contributed by atoms with van der Waals surface area (Å²) in [6.45, 7) is 8.28. The van der Waals surface area contributed by atoms with Crippen molar-refractivity contribution in [1.82, 2.24) is 4.57 Å². The van der Waals surface area contributed by atoms with Gasteiger partial charge in [0.15, 0.2) is 4.80 Å². The quantitative estimate of drug-likeness (QED) is 0.248. The van der Waals surface area contributed by atoms with Crippen molar-refractivity contribution in [3.05, 3.63) is 130 Å². The number of allylic oxidation sites excluding steroid dienone is 1. The number of aryl methyl sites for hydroxylation is 2. The van der Waals surface area contributed by atoms with Crippen LogP contribution >= 0.6 is 27.3 Å². The highest BCUT2D eigenvalue weighted by atomic mass is 79.9. The summed E-state index contributed by atoms with van der Waals surface area (Å²) >= 11 is 4.78. The highest BCUT2D eigenvalue weighted by molar-refractivity contribution is 9.10. The highest BCUT2D eigenvalue weighted by Gasteiger charge is 2.33. The fraction of sp³-hybridized carbons (Fsp3) is 0.219. The predicted molar refractivity (Wildman–Crippen MR) is 161 cm³/mol. The average molecular weight is 618 g/mol. The van der Waals surface area contributed by atoms with Crippen LogP contribution in [-0.2, 0) is 16.1 Å². The lowest BCUT2D eigenvalue weighted by Gasteiger charge is -2.24. The van der Waals surface area contributed by atoms with Gasteiger partial charge in [0, 0.05) is 4.47 Å². The summed E-state index contributed by atoms with van der Waals surface area (Å²) in [6, 6.07) is 21.0. The molecule has 0 radical (unpaired) electrons. The Kier molecular flexibility index (Phi) is 8.19. The van der Waals surface area contributed by atoms with Crippen molar-refractivity contribution in [2.24, 2.45) is 4.99 Å². The van der Waals surface area contributed by atoms with Crippen LogP contribution < -0.4 is 19.6 Å². The van der Waals surface area contributed by atoms with Crippen LogP contribution in [0.15, 0.2) is 92.3 Å². The zero-order valence-corrected chi connectivity index (χ0v) is 25.1. The van der Waals surface area contributed by atoms with Gasteiger partial charge in [0.1, 0.15) is 12.4 Å². The normalized spacial score (nSPS) is 15.0. The van der Waals surface area contributed by atoms with E-state index in [1.807, 2.05) is 86.7 Å². The van der Waals surface area contributed by atoms with Crippen molar-refractivity contribution in [3.8, 4) is 5.75 Å². The lowest BCUT2D eigenvalue weighted by Crippen LogP contribution is -2.39. The molecule has 5 rings (SSSR count). The monoisotopic (exact) mass is 616 g/mol. The molecule has 204 valence electrons. The van der Waals surface area contributed by atoms with Crippen molar-refractivity contribution in [2.45, 2.75) is 40.3 Å². The number of aromatic nitrogens is 1. The van der Waals surface area contributed by atoms with E-state index in [0.717, 1.165) is 38.0 Å². The number of thiazole rings is 1. The molecule has 1 aliphatic heterocycles. The Balaban J connectivity index is 1.54. The summed E-state index contributed by atoms with van der Waals surface area (Å²) in [4.78, 5) is 32.0. The van der Waals surface area contributed by atoms with E-state index in [1.165, 1.54) is 11.3 Å². The third kappa shape index (κ3) is 5.60. The largest absolute Gasteiger partial charge is 0.488 e. The second-order valence-corrected chi connectivity index (χ2v) is 11.5. The van der Waals surface area contributed by atoms with Crippen molar-refractivity contribution in [1.29, 1.82) is 0 Å². The van der Waals surface area contributed by atoms with E-state index in [0.29, 0.717) is 27.2 Å². The number of fused-ring (bicyclic) bond motifs is 1. The zero-order chi connectivity index (χ0) is 28.4. The Hall–Kier alpha value is -3.75. The van der Waals surface area contributed by atoms with Gasteiger partial charge in [0.25, 0.3) is 5.56 Å². The number of hydrogen-bond donors (Lipinski definition) is 0. The second kappa shape index (κ2) is 11.8. The Bertz CT molecular complexity index is 1760. The fourth-order valence-corrected chi connectivity index (χ4v) is 6.24. The maximum absolute atomic E-state index is 13.8. The first-order valence-electron chi connectivity index (χ1n) is 13.0. The van der Waals surface area contributed by atoms with E-state index >= 15 is 0 Å². The average Bonchev–Trinajstić information content (AvgIpc) is 3.23. The fourth-order valence-electron chi connectivity index (χ4n) is 4.92. The molecule has 0 saturated carbocycles. The molecule has 0 spiro atoms. The lowest BCUT2D eigenvalue weighted by molar-refractivity contribution is -0.139. The number of ether oxygens (including phenoxy) is 2. The summed E-state index contributed by atoms with van der Waals surface area (Å²) in [5.74, 6) is 0.372. The third-order valence-corrected chi connectivity index (χ3v) is 8.22. The smallest absolute Gasteiger partial charge is 0.338 e. The van der Waals surface area contributed by atoms with Gasteiger partial charge in [-0.25, -0.2) is 9.79 Å². The number of carbonyl (C=O) groups excluding carboxylic acids is 1. The molecule has 0 aliphatic carbocycles. The van der Waals surface area contributed by atoms with E-state index in [4.69, 9.17) is 9.47 Å². The standard InChI is InChI=1S/C32H29BrN2O4S/c1-5-38-31(37)27-21(4)34-32-35(28(27)24-9-7-6-8-10-24)30(36)26(40-32)17-23-15-19(2)29(20(3)16-23)39-18-22-11-13-25(33)14-12-22/h6-17,28H,5,18H2,1-4H3/b26-17-/t28-/m1/s1.